The van der Waals surface area contributed by atoms with E-state index in [2.05, 4.69) is 22.4 Å². The second-order valence-electron chi connectivity index (χ2n) is 7.75. The van der Waals surface area contributed by atoms with Gasteiger partial charge >= 0.3 is 5.69 Å². The molecule has 3 aromatic rings. The van der Waals surface area contributed by atoms with Crippen LogP contribution in [0.25, 0.3) is 0 Å². The first kappa shape index (κ1) is 20.9. The Morgan fingerprint density at radius 3 is 2.70 bits per heavy atom. The van der Waals surface area contributed by atoms with E-state index in [4.69, 9.17) is 0 Å². The summed E-state index contributed by atoms with van der Waals surface area (Å²) in [4.78, 5) is 30.8. The van der Waals surface area contributed by atoms with Gasteiger partial charge in [0.15, 0.2) is 0 Å². The Hall–Kier alpha value is -2.38. The highest BCUT2D eigenvalue weighted by Gasteiger charge is 2.23. The number of thioether (sulfide) groups is 1. The highest BCUT2D eigenvalue weighted by Crippen LogP contribution is 2.30. The standard InChI is InChI=1S/C23H25N3O2S2/c1-14-10-15(2)21(16(3)11-14)24-20(27)13-30-22-18-7-4-8-19(18)26(23(28)25-22)12-17-6-5-9-29-17/h5-6,9-11H,4,7-8,12-13H2,1-3H3,(H,24,27). The first-order valence-electron chi connectivity index (χ1n) is 10.1. The number of thiophene rings is 1. The first-order valence-corrected chi connectivity index (χ1v) is 11.9. The predicted molar refractivity (Wildman–Crippen MR) is 124 cm³/mol. The summed E-state index contributed by atoms with van der Waals surface area (Å²) >= 11 is 3.01. The van der Waals surface area contributed by atoms with Gasteiger partial charge in [0.2, 0.25) is 5.91 Å². The monoisotopic (exact) mass is 439 g/mol. The van der Waals surface area contributed by atoms with Crippen LogP contribution in [0.1, 0.15) is 39.2 Å². The summed E-state index contributed by atoms with van der Waals surface area (Å²) in [5, 5.41) is 5.76. The van der Waals surface area contributed by atoms with Gasteiger partial charge in [-0.2, -0.15) is 4.98 Å². The van der Waals surface area contributed by atoms with E-state index in [1.165, 1.54) is 17.3 Å². The molecule has 0 atom stereocenters. The molecule has 1 aromatic carbocycles. The molecule has 156 valence electrons. The summed E-state index contributed by atoms with van der Waals surface area (Å²) in [6, 6.07) is 8.17. The molecule has 0 bridgehead atoms. The lowest BCUT2D eigenvalue weighted by atomic mass is 10.1. The number of rotatable bonds is 6. The molecule has 0 spiro atoms. The normalized spacial score (nSPS) is 12.8. The maximum atomic E-state index is 12.7. The third kappa shape index (κ3) is 4.37. The Kier molecular flexibility index (Phi) is 6.11. The van der Waals surface area contributed by atoms with Crippen LogP contribution in [0.5, 0.6) is 0 Å². The molecule has 1 aliphatic carbocycles. The molecule has 1 N–H and O–H groups in total. The average molecular weight is 440 g/mol. The molecule has 1 amide bonds. The van der Waals surface area contributed by atoms with E-state index in [0.717, 1.165) is 52.2 Å². The minimum absolute atomic E-state index is 0.0774. The predicted octanol–water partition coefficient (Wildman–Crippen LogP) is 4.50. The van der Waals surface area contributed by atoms with E-state index in [0.29, 0.717) is 11.6 Å². The summed E-state index contributed by atoms with van der Waals surface area (Å²) in [5.74, 6) is 0.159. The topological polar surface area (TPSA) is 64.0 Å². The van der Waals surface area contributed by atoms with Gasteiger partial charge in [0, 0.05) is 21.8 Å². The Bertz CT molecular complexity index is 1130. The van der Waals surface area contributed by atoms with Crippen LogP contribution < -0.4 is 11.0 Å². The van der Waals surface area contributed by atoms with Crippen molar-refractivity contribution < 1.29 is 4.79 Å². The van der Waals surface area contributed by atoms with Gasteiger partial charge in [-0.3, -0.25) is 9.36 Å². The number of aromatic nitrogens is 2. The summed E-state index contributed by atoms with van der Waals surface area (Å²) in [6.45, 7) is 6.63. The van der Waals surface area contributed by atoms with Crippen molar-refractivity contribution in [3.05, 3.63) is 73.0 Å². The number of benzene rings is 1. The quantitative estimate of drug-likeness (QED) is 0.454. The number of carbonyl (C=O) groups is 1. The zero-order chi connectivity index (χ0) is 21.3. The molecule has 0 saturated heterocycles. The maximum Gasteiger partial charge on any atom is 0.349 e. The number of amides is 1. The smallest absolute Gasteiger partial charge is 0.325 e. The Labute approximate surface area is 184 Å². The van der Waals surface area contributed by atoms with Gasteiger partial charge in [-0.05, 0) is 62.6 Å². The summed E-state index contributed by atoms with van der Waals surface area (Å²) in [7, 11) is 0. The van der Waals surface area contributed by atoms with Crippen molar-refractivity contribution in [2.24, 2.45) is 0 Å². The number of anilines is 1. The maximum absolute atomic E-state index is 12.7. The third-order valence-electron chi connectivity index (χ3n) is 5.38. The second kappa shape index (κ2) is 8.78. The molecule has 4 rings (SSSR count). The lowest BCUT2D eigenvalue weighted by Gasteiger charge is -2.14. The minimum Gasteiger partial charge on any atom is -0.325 e. The van der Waals surface area contributed by atoms with Gasteiger partial charge in [0.05, 0.1) is 12.3 Å². The number of hydrogen-bond acceptors (Lipinski definition) is 5. The SMILES string of the molecule is Cc1cc(C)c(NC(=O)CSc2nc(=O)n(Cc3cccs3)c3c2CCC3)c(C)c1. The van der Waals surface area contributed by atoms with Crippen molar-refractivity contribution in [3.8, 4) is 0 Å². The fourth-order valence-corrected chi connectivity index (χ4v) is 5.68. The zero-order valence-corrected chi connectivity index (χ0v) is 19.1. The number of fused-ring (bicyclic) bond motifs is 1. The number of hydrogen-bond donors (Lipinski definition) is 1. The van der Waals surface area contributed by atoms with Gasteiger partial charge in [0.1, 0.15) is 5.03 Å². The van der Waals surface area contributed by atoms with Crippen molar-refractivity contribution in [2.45, 2.75) is 51.6 Å². The first-order chi connectivity index (χ1) is 14.4. The number of carbonyl (C=O) groups excluding carboxylic acids is 1. The molecule has 5 nitrogen and oxygen atoms in total. The van der Waals surface area contributed by atoms with Crippen LogP contribution in [0.4, 0.5) is 5.69 Å². The largest absolute Gasteiger partial charge is 0.349 e. The van der Waals surface area contributed by atoms with E-state index in [1.54, 1.807) is 15.9 Å². The molecule has 0 aliphatic heterocycles. The van der Waals surface area contributed by atoms with Crippen molar-refractivity contribution in [1.82, 2.24) is 9.55 Å². The van der Waals surface area contributed by atoms with E-state index in [1.807, 2.05) is 38.3 Å². The lowest BCUT2D eigenvalue weighted by Crippen LogP contribution is -2.27. The van der Waals surface area contributed by atoms with Crippen LogP contribution in [-0.2, 0) is 24.2 Å². The third-order valence-corrected chi connectivity index (χ3v) is 7.26. The summed E-state index contributed by atoms with van der Waals surface area (Å²) in [6.07, 6.45) is 2.82. The molecular formula is C23H25N3O2S2. The molecule has 0 saturated carbocycles. The Morgan fingerprint density at radius 2 is 2.00 bits per heavy atom. The van der Waals surface area contributed by atoms with E-state index < -0.39 is 0 Å². The Balaban J connectivity index is 1.50. The Morgan fingerprint density at radius 1 is 1.23 bits per heavy atom. The van der Waals surface area contributed by atoms with Gasteiger partial charge in [-0.15, -0.1) is 11.3 Å². The molecule has 1 aliphatic rings. The van der Waals surface area contributed by atoms with Crippen molar-refractivity contribution in [2.75, 3.05) is 11.1 Å². The fourth-order valence-electron chi connectivity index (χ4n) is 4.11. The van der Waals surface area contributed by atoms with E-state index >= 15 is 0 Å². The van der Waals surface area contributed by atoms with E-state index in [9.17, 15) is 9.59 Å². The number of nitrogens with one attached hydrogen (secondary N) is 1. The molecule has 0 fully saturated rings. The lowest BCUT2D eigenvalue weighted by molar-refractivity contribution is -0.113. The van der Waals surface area contributed by atoms with Gasteiger partial charge < -0.3 is 5.32 Å². The molecule has 2 aromatic heterocycles. The zero-order valence-electron chi connectivity index (χ0n) is 17.4. The second-order valence-corrected chi connectivity index (χ2v) is 9.75. The molecular weight excluding hydrogens is 414 g/mol. The van der Waals surface area contributed by atoms with Crippen LogP contribution in [0.3, 0.4) is 0 Å². The highest BCUT2D eigenvalue weighted by atomic mass is 32.2. The molecule has 30 heavy (non-hydrogen) atoms. The van der Waals surface area contributed by atoms with Crippen LogP contribution in [0.2, 0.25) is 0 Å². The number of aryl methyl sites for hydroxylation is 3. The van der Waals surface area contributed by atoms with Crippen molar-refractivity contribution in [1.29, 1.82) is 0 Å². The number of nitrogens with zero attached hydrogens (tertiary/aromatic N) is 2. The molecule has 2 heterocycles. The summed E-state index contributed by atoms with van der Waals surface area (Å²) in [5.41, 5.74) is 6.15. The minimum atomic E-state index is -0.225. The van der Waals surface area contributed by atoms with Gasteiger partial charge in [0.25, 0.3) is 0 Å². The fraction of sp³-hybridized carbons (Fsp3) is 0.348. The van der Waals surface area contributed by atoms with E-state index in [-0.39, 0.29) is 17.3 Å². The summed E-state index contributed by atoms with van der Waals surface area (Å²) < 4.78 is 1.80. The molecule has 7 heteroatoms. The van der Waals surface area contributed by atoms with Crippen LogP contribution in [0, 0.1) is 20.8 Å². The highest BCUT2D eigenvalue weighted by molar-refractivity contribution is 8.00. The van der Waals surface area contributed by atoms with Crippen LogP contribution >= 0.6 is 23.1 Å². The van der Waals surface area contributed by atoms with Gasteiger partial charge in [-0.1, -0.05) is 35.5 Å². The van der Waals surface area contributed by atoms with Crippen molar-refractivity contribution in [3.63, 3.8) is 0 Å². The van der Waals surface area contributed by atoms with Gasteiger partial charge in [-0.25, -0.2) is 4.79 Å². The van der Waals surface area contributed by atoms with Crippen LogP contribution in [0.15, 0.2) is 39.5 Å². The average Bonchev–Trinajstić information content (AvgIpc) is 3.37. The van der Waals surface area contributed by atoms with Crippen molar-refractivity contribution >= 4 is 34.7 Å². The molecule has 0 radical (unpaired) electrons. The molecule has 0 unspecified atom stereocenters. The van der Waals surface area contributed by atoms with Crippen LogP contribution in [-0.4, -0.2) is 21.2 Å².